The highest BCUT2D eigenvalue weighted by atomic mass is 16.5. The average Bonchev–Trinajstić information content (AvgIpc) is 3.37. The Morgan fingerprint density at radius 2 is 2.06 bits per heavy atom. The number of rotatable bonds is 7. The molecule has 0 aliphatic heterocycles. The summed E-state index contributed by atoms with van der Waals surface area (Å²) in [6.07, 6.45) is 1.74. The summed E-state index contributed by atoms with van der Waals surface area (Å²) in [4.78, 5) is 26.7. The lowest BCUT2D eigenvalue weighted by molar-refractivity contribution is 0.0520. The number of pyridine rings is 1. The minimum absolute atomic E-state index is 0.306. The van der Waals surface area contributed by atoms with Gasteiger partial charge in [-0.1, -0.05) is 0 Å². The highest BCUT2D eigenvalue weighted by molar-refractivity contribution is 6.21. The lowest BCUT2D eigenvalue weighted by Crippen LogP contribution is -2.20. The SMILES string of the molecule is BN(Cc1ccc(OC)cc1OC)c1nc2[nH]c(C(=O)OCC)cc2c2c1ncn2C. The molecule has 4 aromatic rings. The zero-order valence-electron chi connectivity index (χ0n) is 18.2. The molecule has 0 radical (unpaired) electrons. The maximum atomic E-state index is 12.2. The summed E-state index contributed by atoms with van der Waals surface area (Å²) >= 11 is 0. The van der Waals surface area contributed by atoms with Gasteiger partial charge in [0.15, 0.2) is 0 Å². The van der Waals surface area contributed by atoms with Crippen LogP contribution < -0.4 is 14.3 Å². The number of anilines is 1. The molecule has 0 aliphatic rings. The van der Waals surface area contributed by atoms with Crippen LogP contribution in [0.2, 0.25) is 0 Å². The van der Waals surface area contributed by atoms with E-state index in [1.54, 1.807) is 33.5 Å². The number of carbonyl (C=O) groups is 1. The van der Waals surface area contributed by atoms with Gasteiger partial charge < -0.3 is 28.6 Å². The van der Waals surface area contributed by atoms with Crippen LogP contribution in [0, 0.1) is 0 Å². The number of nitrogens with one attached hydrogen (secondary N) is 1. The first-order valence-corrected chi connectivity index (χ1v) is 9.89. The molecular weight excluding hydrogens is 397 g/mol. The Hall–Kier alpha value is -3.69. The van der Waals surface area contributed by atoms with E-state index in [-0.39, 0.29) is 0 Å². The van der Waals surface area contributed by atoms with Crippen LogP contribution in [0.4, 0.5) is 5.82 Å². The van der Waals surface area contributed by atoms with Crippen molar-refractivity contribution in [2.75, 3.05) is 25.6 Å². The van der Waals surface area contributed by atoms with Crippen LogP contribution >= 0.6 is 0 Å². The monoisotopic (exact) mass is 421 g/mol. The van der Waals surface area contributed by atoms with Crippen molar-refractivity contribution in [3.8, 4) is 11.5 Å². The van der Waals surface area contributed by atoms with E-state index in [2.05, 4.69) is 9.97 Å². The van der Waals surface area contributed by atoms with Gasteiger partial charge >= 0.3 is 5.97 Å². The molecule has 4 rings (SSSR count). The first kappa shape index (κ1) is 20.6. The summed E-state index contributed by atoms with van der Waals surface area (Å²) in [6, 6.07) is 7.48. The van der Waals surface area contributed by atoms with E-state index < -0.39 is 5.97 Å². The molecule has 31 heavy (non-hydrogen) atoms. The number of imidazole rings is 1. The summed E-state index contributed by atoms with van der Waals surface area (Å²) in [5.74, 6) is 1.74. The number of nitrogens with zero attached hydrogens (tertiary/aromatic N) is 4. The van der Waals surface area contributed by atoms with E-state index >= 15 is 0 Å². The highest BCUT2D eigenvalue weighted by Crippen LogP contribution is 2.32. The minimum Gasteiger partial charge on any atom is -0.497 e. The van der Waals surface area contributed by atoms with E-state index in [9.17, 15) is 4.79 Å². The highest BCUT2D eigenvalue weighted by Gasteiger charge is 2.20. The van der Waals surface area contributed by atoms with Gasteiger partial charge in [-0.3, -0.25) is 0 Å². The molecule has 0 amide bonds. The fraction of sp³-hybridized carbons (Fsp3) is 0.286. The summed E-state index contributed by atoms with van der Waals surface area (Å²) < 4.78 is 17.9. The van der Waals surface area contributed by atoms with Gasteiger partial charge in [0.05, 0.1) is 32.7 Å². The number of methoxy groups -OCH3 is 2. The molecule has 0 fully saturated rings. The summed E-state index contributed by atoms with van der Waals surface area (Å²) in [6.45, 7) is 2.63. The molecule has 0 saturated heterocycles. The van der Waals surface area contributed by atoms with Crippen LogP contribution in [0.15, 0.2) is 30.6 Å². The van der Waals surface area contributed by atoms with Gasteiger partial charge in [0, 0.05) is 30.6 Å². The van der Waals surface area contributed by atoms with Crippen LogP contribution in [0.3, 0.4) is 0 Å². The van der Waals surface area contributed by atoms with Gasteiger partial charge in [0.1, 0.15) is 34.2 Å². The maximum absolute atomic E-state index is 12.2. The smallest absolute Gasteiger partial charge is 0.354 e. The Kier molecular flexibility index (Phi) is 5.45. The Labute approximate surface area is 180 Å². The van der Waals surface area contributed by atoms with Crippen LogP contribution in [-0.4, -0.2) is 54.3 Å². The number of benzene rings is 1. The third-order valence-electron chi connectivity index (χ3n) is 5.18. The van der Waals surface area contributed by atoms with Crippen molar-refractivity contribution < 1.29 is 19.0 Å². The van der Waals surface area contributed by atoms with Gasteiger partial charge in [-0.15, -0.1) is 0 Å². The molecule has 1 N–H and O–H groups in total. The topological polar surface area (TPSA) is 94.5 Å². The van der Waals surface area contributed by atoms with E-state index in [1.165, 1.54) is 0 Å². The lowest BCUT2D eigenvalue weighted by atomic mass is 10.1. The number of aryl methyl sites for hydroxylation is 1. The molecule has 3 heterocycles. The van der Waals surface area contributed by atoms with E-state index in [4.69, 9.17) is 19.2 Å². The maximum Gasteiger partial charge on any atom is 0.354 e. The van der Waals surface area contributed by atoms with Gasteiger partial charge in [-0.05, 0) is 25.1 Å². The van der Waals surface area contributed by atoms with Gasteiger partial charge in [-0.2, -0.15) is 0 Å². The van der Waals surface area contributed by atoms with E-state index in [0.717, 1.165) is 33.5 Å². The number of esters is 1. The Balaban J connectivity index is 1.78. The first-order chi connectivity index (χ1) is 15.0. The molecule has 0 unspecified atom stereocenters. The van der Waals surface area contributed by atoms with Crippen LogP contribution in [0.25, 0.3) is 22.1 Å². The number of aromatic nitrogens is 4. The number of hydrogen-bond donors (Lipinski definition) is 1. The molecule has 1 aromatic carbocycles. The summed E-state index contributed by atoms with van der Waals surface area (Å²) in [5, 5.41) is 0.817. The summed E-state index contributed by atoms with van der Waals surface area (Å²) in [7, 11) is 7.12. The normalized spacial score (nSPS) is 11.1. The molecular formula is C21H24BN5O4. The lowest BCUT2D eigenvalue weighted by Gasteiger charge is -2.21. The first-order valence-electron chi connectivity index (χ1n) is 9.89. The van der Waals surface area contributed by atoms with Crippen LogP contribution in [-0.2, 0) is 18.3 Å². The van der Waals surface area contributed by atoms with Crippen molar-refractivity contribution in [2.45, 2.75) is 13.5 Å². The third kappa shape index (κ3) is 3.65. The summed E-state index contributed by atoms with van der Waals surface area (Å²) in [5.41, 5.74) is 3.58. The van der Waals surface area contributed by atoms with Crippen molar-refractivity contribution in [1.82, 2.24) is 19.5 Å². The number of H-pyrrole nitrogens is 1. The fourth-order valence-electron chi connectivity index (χ4n) is 3.68. The standard InChI is InChI=1S/C21H24BN5O4/c1-5-31-21(28)15-9-14-18-17(23-11-26(18)2)20(25-19(14)24-15)27(22)10-12-6-7-13(29-3)8-16(12)30-4/h6-9,11H,5,10,22H2,1-4H3,(H,24,25). The number of aromatic amines is 1. The second kappa shape index (κ2) is 8.21. The van der Waals surface area contributed by atoms with Crippen molar-refractivity contribution >= 4 is 41.8 Å². The molecule has 160 valence electrons. The predicted molar refractivity (Wildman–Crippen MR) is 121 cm³/mol. The van der Waals surface area contributed by atoms with Gasteiger partial charge in [0.2, 0.25) is 7.98 Å². The molecule has 0 aliphatic carbocycles. The Bertz CT molecular complexity index is 1270. The predicted octanol–water partition coefficient (Wildman–Crippen LogP) is 2.20. The second-order valence-corrected chi connectivity index (χ2v) is 7.19. The molecule has 9 nitrogen and oxygen atoms in total. The second-order valence-electron chi connectivity index (χ2n) is 7.19. The molecule has 0 atom stereocenters. The van der Waals surface area contributed by atoms with Crippen LogP contribution in [0.5, 0.6) is 11.5 Å². The van der Waals surface area contributed by atoms with Crippen molar-refractivity contribution in [2.24, 2.45) is 7.05 Å². The van der Waals surface area contributed by atoms with Crippen molar-refractivity contribution in [1.29, 1.82) is 0 Å². The third-order valence-corrected chi connectivity index (χ3v) is 5.18. The number of ether oxygens (including phenoxy) is 3. The Morgan fingerprint density at radius 3 is 2.77 bits per heavy atom. The fourth-order valence-corrected chi connectivity index (χ4v) is 3.68. The number of fused-ring (bicyclic) bond motifs is 3. The van der Waals surface area contributed by atoms with Crippen LogP contribution in [0.1, 0.15) is 23.0 Å². The largest absolute Gasteiger partial charge is 0.497 e. The van der Waals surface area contributed by atoms with Crippen molar-refractivity contribution in [3.05, 3.63) is 41.9 Å². The van der Waals surface area contributed by atoms with Gasteiger partial charge in [0.25, 0.3) is 0 Å². The molecule has 0 bridgehead atoms. The zero-order valence-corrected chi connectivity index (χ0v) is 18.2. The molecule has 0 spiro atoms. The van der Waals surface area contributed by atoms with Gasteiger partial charge in [-0.25, -0.2) is 14.8 Å². The van der Waals surface area contributed by atoms with E-state index in [1.807, 2.05) is 42.6 Å². The van der Waals surface area contributed by atoms with E-state index in [0.29, 0.717) is 30.3 Å². The minimum atomic E-state index is -0.409. The molecule has 0 saturated carbocycles. The average molecular weight is 421 g/mol. The molecule has 10 heteroatoms. The number of hydrogen-bond acceptors (Lipinski definition) is 7. The molecule has 3 aromatic heterocycles. The quantitative estimate of drug-likeness (QED) is 0.361. The van der Waals surface area contributed by atoms with Crippen molar-refractivity contribution in [3.63, 3.8) is 0 Å². The number of carbonyl (C=O) groups excluding carboxylic acids is 1. The zero-order chi connectivity index (χ0) is 22.1. The Morgan fingerprint density at radius 1 is 1.26 bits per heavy atom.